The smallest absolute Gasteiger partial charge is 0.237 e. The molecule has 5 nitrogen and oxygen atoms in total. The van der Waals surface area contributed by atoms with Gasteiger partial charge in [-0.3, -0.25) is 4.98 Å². The first kappa shape index (κ1) is 12.3. The first-order valence-corrected chi connectivity index (χ1v) is 6.05. The van der Waals surface area contributed by atoms with Crippen molar-refractivity contribution >= 4 is 0 Å². The van der Waals surface area contributed by atoms with Gasteiger partial charge in [-0.25, -0.2) is 4.98 Å². The van der Waals surface area contributed by atoms with Crippen LogP contribution in [-0.4, -0.2) is 36.3 Å². The Labute approximate surface area is 102 Å². The number of hydrogen-bond acceptors (Lipinski definition) is 5. The summed E-state index contributed by atoms with van der Waals surface area (Å²) < 4.78 is 10.8. The summed E-state index contributed by atoms with van der Waals surface area (Å²) in [7, 11) is 1.59. The highest BCUT2D eigenvalue weighted by Gasteiger charge is 2.13. The molecule has 0 aliphatic carbocycles. The van der Waals surface area contributed by atoms with Gasteiger partial charge in [0.25, 0.3) is 0 Å². The van der Waals surface area contributed by atoms with Gasteiger partial charge >= 0.3 is 0 Å². The molecular formula is C12H19N3O2. The van der Waals surface area contributed by atoms with E-state index in [1.807, 2.05) is 0 Å². The lowest BCUT2D eigenvalue weighted by Crippen LogP contribution is -2.37. The van der Waals surface area contributed by atoms with Gasteiger partial charge in [0.15, 0.2) is 0 Å². The van der Waals surface area contributed by atoms with E-state index in [4.69, 9.17) is 9.47 Å². The van der Waals surface area contributed by atoms with Crippen LogP contribution < -0.4 is 10.1 Å². The molecule has 0 bridgehead atoms. The fourth-order valence-electron chi connectivity index (χ4n) is 1.99. The topological polar surface area (TPSA) is 56.3 Å². The fourth-order valence-corrected chi connectivity index (χ4v) is 1.99. The van der Waals surface area contributed by atoms with Gasteiger partial charge in [-0.05, 0) is 19.4 Å². The second-order valence-electron chi connectivity index (χ2n) is 4.17. The molecule has 1 aliphatic rings. The van der Waals surface area contributed by atoms with E-state index in [0.717, 1.165) is 18.8 Å². The number of methoxy groups -OCH3 is 1. The molecule has 0 spiro atoms. The summed E-state index contributed by atoms with van der Waals surface area (Å²) >= 11 is 0. The Kier molecular flexibility index (Phi) is 4.70. The first-order valence-electron chi connectivity index (χ1n) is 6.05. The van der Waals surface area contributed by atoms with Crippen molar-refractivity contribution in [3.8, 4) is 5.88 Å². The van der Waals surface area contributed by atoms with Gasteiger partial charge in [-0.1, -0.05) is 6.42 Å². The van der Waals surface area contributed by atoms with Gasteiger partial charge in [0.1, 0.15) is 5.69 Å². The van der Waals surface area contributed by atoms with Crippen molar-refractivity contribution in [2.75, 3.05) is 20.3 Å². The van der Waals surface area contributed by atoms with Gasteiger partial charge < -0.3 is 14.8 Å². The maximum Gasteiger partial charge on any atom is 0.237 e. The molecule has 0 saturated carbocycles. The number of hydrogen-bond donors (Lipinski definition) is 1. The van der Waals surface area contributed by atoms with E-state index in [-0.39, 0.29) is 0 Å². The van der Waals surface area contributed by atoms with Crippen LogP contribution in [0.5, 0.6) is 5.88 Å². The molecule has 1 aromatic heterocycles. The lowest BCUT2D eigenvalue weighted by molar-refractivity contribution is 0.0871. The third-order valence-corrected chi connectivity index (χ3v) is 2.90. The minimum Gasteiger partial charge on any atom is -0.480 e. The van der Waals surface area contributed by atoms with Crippen LogP contribution in [0, 0.1) is 0 Å². The third kappa shape index (κ3) is 3.64. The van der Waals surface area contributed by atoms with Crippen molar-refractivity contribution in [3.63, 3.8) is 0 Å². The predicted octanol–water partition coefficient (Wildman–Crippen LogP) is 1.14. The van der Waals surface area contributed by atoms with Gasteiger partial charge in [0, 0.05) is 18.4 Å². The average Bonchev–Trinajstić information content (AvgIpc) is 2.40. The molecule has 0 unspecified atom stereocenters. The molecule has 1 N–H and O–H groups in total. The number of rotatable bonds is 5. The first-order chi connectivity index (χ1) is 8.40. The summed E-state index contributed by atoms with van der Waals surface area (Å²) in [6.45, 7) is 2.28. The molecule has 2 heterocycles. The fraction of sp³-hybridized carbons (Fsp3) is 0.667. The largest absolute Gasteiger partial charge is 0.480 e. The second-order valence-corrected chi connectivity index (χ2v) is 4.17. The van der Waals surface area contributed by atoms with E-state index in [1.165, 1.54) is 19.3 Å². The minimum absolute atomic E-state index is 0.454. The van der Waals surface area contributed by atoms with Crippen molar-refractivity contribution in [2.24, 2.45) is 0 Å². The Morgan fingerprint density at radius 2 is 2.24 bits per heavy atom. The van der Waals surface area contributed by atoms with E-state index < -0.39 is 0 Å². The molecule has 0 radical (unpaired) electrons. The summed E-state index contributed by atoms with van der Waals surface area (Å²) in [5.74, 6) is 0.545. The van der Waals surface area contributed by atoms with Crippen molar-refractivity contribution < 1.29 is 9.47 Å². The number of aromatic nitrogens is 2. The predicted molar refractivity (Wildman–Crippen MR) is 63.9 cm³/mol. The maximum absolute atomic E-state index is 5.66. The standard InChI is InChI=1S/C12H19N3O2/c1-16-12-11(14-6-7-15-12)9-17-8-10-4-2-3-5-13-10/h6-7,10,13H,2-5,8-9H2,1H3/t10-/m0/s1. The summed E-state index contributed by atoms with van der Waals surface area (Å²) in [6.07, 6.45) is 7.02. The van der Waals surface area contributed by atoms with Gasteiger partial charge in [-0.15, -0.1) is 0 Å². The molecule has 1 saturated heterocycles. The number of ether oxygens (including phenoxy) is 2. The summed E-state index contributed by atoms with van der Waals surface area (Å²) in [5.41, 5.74) is 0.755. The number of piperidine rings is 1. The molecule has 5 heteroatoms. The van der Waals surface area contributed by atoms with Crippen molar-refractivity contribution in [1.29, 1.82) is 0 Å². The van der Waals surface area contributed by atoms with Crippen LogP contribution in [0.2, 0.25) is 0 Å². The molecule has 17 heavy (non-hydrogen) atoms. The monoisotopic (exact) mass is 237 g/mol. The lowest BCUT2D eigenvalue weighted by Gasteiger charge is -2.23. The van der Waals surface area contributed by atoms with E-state index >= 15 is 0 Å². The number of nitrogens with zero attached hydrogens (tertiary/aromatic N) is 2. The summed E-state index contributed by atoms with van der Waals surface area (Å²) in [4.78, 5) is 8.28. The van der Waals surface area contributed by atoms with Crippen LogP contribution in [0.25, 0.3) is 0 Å². The Morgan fingerprint density at radius 1 is 1.35 bits per heavy atom. The molecule has 1 fully saturated rings. The zero-order valence-corrected chi connectivity index (χ0v) is 10.2. The minimum atomic E-state index is 0.454. The van der Waals surface area contributed by atoms with Crippen LogP contribution in [0.1, 0.15) is 25.0 Å². The third-order valence-electron chi connectivity index (χ3n) is 2.90. The van der Waals surface area contributed by atoms with E-state index in [0.29, 0.717) is 18.5 Å². The molecular weight excluding hydrogens is 218 g/mol. The molecule has 0 aromatic carbocycles. The van der Waals surface area contributed by atoms with Crippen LogP contribution in [0.15, 0.2) is 12.4 Å². The zero-order valence-electron chi connectivity index (χ0n) is 10.2. The Hall–Kier alpha value is -1.20. The molecule has 1 aromatic rings. The second kappa shape index (κ2) is 6.51. The van der Waals surface area contributed by atoms with Crippen molar-refractivity contribution in [1.82, 2.24) is 15.3 Å². The van der Waals surface area contributed by atoms with Crippen LogP contribution in [0.4, 0.5) is 0 Å². The average molecular weight is 237 g/mol. The lowest BCUT2D eigenvalue weighted by atomic mass is 10.1. The zero-order chi connectivity index (χ0) is 11.9. The Balaban J connectivity index is 1.77. The quantitative estimate of drug-likeness (QED) is 0.832. The van der Waals surface area contributed by atoms with E-state index in [1.54, 1.807) is 19.5 Å². The number of nitrogens with one attached hydrogen (secondary N) is 1. The summed E-state index contributed by atoms with van der Waals surface area (Å²) in [5, 5.41) is 3.44. The van der Waals surface area contributed by atoms with Crippen molar-refractivity contribution in [3.05, 3.63) is 18.1 Å². The molecule has 2 rings (SSSR count). The van der Waals surface area contributed by atoms with Crippen LogP contribution >= 0.6 is 0 Å². The Bertz CT molecular complexity index is 340. The Morgan fingerprint density at radius 3 is 3.00 bits per heavy atom. The van der Waals surface area contributed by atoms with Gasteiger partial charge in [0.05, 0.1) is 20.3 Å². The summed E-state index contributed by atoms with van der Waals surface area (Å²) in [6, 6.07) is 0.478. The van der Waals surface area contributed by atoms with Crippen LogP contribution in [-0.2, 0) is 11.3 Å². The van der Waals surface area contributed by atoms with Crippen LogP contribution in [0.3, 0.4) is 0 Å². The SMILES string of the molecule is COc1nccnc1COC[C@@H]1CCCCN1. The highest BCUT2D eigenvalue weighted by atomic mass is 16.5. The highest BCUT2D eigenvalue weighted by Crippen LogP contribution is 2.13. The molecule has 1 atom stereocenters. The maximum atomic E-state index is 5.66. The molecule has 1 aliphatic heterocycles. The highest BCUT2D eigenvalue weighted by molar-refractivity contribution is 5.15. The molecule has 94 valence electrons. The van der Waals surface area contributed by atoms with E-state index in [2.05, 4.69) is 15.3 Å². The normalized spacial score (nSPS) is 20.2. The van der Waals surface area contributed by atoms with Crippen molar-refractivity contribution in [2.45, 2.75) is 31.9 Å². The van der Waals surface area contributed by atoms with Gasteiger partial charge in [0.2, 0.25) is 5.88 Å². The molecule has 0 amide bonds. The van der Waals surface area contributed by atoms with Gasteiger partial charge in [-0.2, -0.15) is 0 Å². The van der Waals surface area contributed by atoms with E-state index in [9.17, 15) is 0 Å².